The summed E-state index contributed by atoms with van der Waals surface area (Å²) in [7, 11) is 0. The Kier molecular flexibility index (Phi) is 4.80. The molecule has 0 N–H and O–H groups in total. The van der Waals surface area contributed by atoms with Gasteiger partial charge in [-0.2, -0.15) is 5.26 Å². The molecule has 1 aromatic carbocycles. The normalized spacial score (nSPS) is 17.5. The zero-order chi connectivity index (χ0) is 14.5. The second-order valence-corrected chi connectivity index (χ2v) is 6.54. The maximum Gasteiger partial charge on any atom is 0.193 e. The lowest BCUT2D eigenvalue weighted by atomic mass is 10.0. The molecule has 0 fully saturated rings. The highest BCUT2D eigenvalue weighted by Gasteiger charge is 2.25. The van der Waals surface area contributed by atoms with Crippen LogP contribution in [0.4, 0.5) is 0 Å². The summed E-state index contributed by atoms with van der Waals surface area (Å²) in [6.07, 6.45) is 0.849. The Bertz CT molecular complexity index is 558. The van der Waals surface area contributed by atoms with Gasteiger partial charge in [0.2, 0.25) is 0 Å². The van der Waals surface area contributed by atoms with Gasteiger partial charge in [-0.15, -0.1) is 0 Å². The van der Waals surface area contributed by atoms with Crippen molar-refractivity contribution in [1.29, 1.82) is 5.26 Å². The average Bonchev–Trinajstić information content (AvgIpc) is 2.86. The molecule has 0 bridgehead atoms. The van der Waals surface area contributed by atoms with Crippen LogP contribution >= 0.6 is 11.8 Å². The maximum absolute atomic E-state index is 11.7. The van der Waals surface area contributed by atoms with Crippen LogP contribution in [0, 0.1) is 11.3 Å². The van der Waals surface area contributed by atoms with Crippen molar-refractivity contribution in [2.24, 2.45) is 5.16 Å². The first-order valence-corrected chi connectivity index (χ1v) is 7.39. The summed E-state index contributed by atoms with van der Waals surface area (Å²) in [5.74, 6) is 0. The summed E-state index contributed by atoms with van der Waals surface area (Å²) in [5.41, 5.74) is 2.39. The van der Waals surface area contributed by atoms with E-state index in [-0.39, 0.29) is 11.2 Å². The number of nitriles is 1. The maximum atomic E-state index is 11.7. The van der Waals surface area contributed by atoms with Crippen molar-refractivity contribution in [3.8, 4) is 6.07 Å². The minimum atomic E-state index is -0.167. The topological polar surface area (TPSA) is 62.5 Å². The molecule has 0 spiro atoms. The molecule has 0 saturated carbocycles. The van der Waals surface area contributed by atoms with Crippen LogP contribution in [-0.2, 0) is 9.63 Å². The third kappa shape index (κ3) is 3.84. The van der Waals surface area contributed by atoms with Crippen molar-refractivity contribution < 1.29 is 9.63 Å². The molecular weight excluding hydrogens is 272 g/mol. The zero-order valence-corrected chi connectivity index (χ0v) is 12.3. The monoisotopic (exact) mass is 288 g/mol. The molecule has 1 atom stereocenters. The van der Waals surface area contributed by atoms with Crippen molar-refractivity contribution in [2.45, 2.75) is 38.0 Å². The standard InChI is InChI=1S/C15H16N2O2S/c1-10(2)20-15(18)8-13-7-14(17-19-13)12-5-3-11(9-16)4-6-12/h3-6,10,13H,7-8H2,1-2H3. The second kappa shape index (κ2) is 6.58. The predicted molar refractivity (Wildman–Crippen MR) is 79.5 cm³/mol. The molecule has 4 nitrogen and oxygen atoms in total. The molecule has 0 amide bonds. The highest BCUT2D eigenvalue weighted by molar-refractivity contribution is 8.14. The minimum absolute atomic E-state index is 0.140. The molecule has 1 aliphatic rings. The first kappa shape index (κ1) is 14.6. The van der Waals surface area contributed by atoms with Crippen LogP contribution in [0.5, 0.6) is 0 Å². The molecule has 1 aliphatic heterocycles. The molecule has 0 radical (unpaired) electrons. The van der Waals surface area contributed by atoms with Crippen molar-refractivity contribution in [3.63, 3.8) is 0 Å². The Morgan fingerprint density at radius 2 is 2.20 bits per heavy atom. The zero-order valence-electron chi connectivity index (χ0n) is 11.5. The highest BCUT2D eigenvalue weighted by atomic mass is 32.2. The largest absolute Gasteiger partial charge is 0.391 e. The number of rotatable bonds is 4. The van der Waals surface area contributed by atoms with E-state index in [1.54, 1.807) is 12.1 Å². The van der Waals surface area contributed by atoms with E-state index in [0.717, 1.165) is 11.3 Å². The quantitative estimate of drug-likeness (QED) is 0.854. The summed E-state index contributed by atoms with van der Waals surface area (Å²) in [4.78, 5) is 17.0. The first-order chi connectivity index (χ1) is 9.58. The molecule has 20 heavy (non-hydrogen) atoms. The van der Waals surface area contributed by atoms with Crippen LogP contribution in [0.1, 0.15) is 37.8 Å². The number of hydrogen-bond donors (Lipinski definition) is 0. The van der Waals surface area contributed by atoms with Gasteiger partial charge in [-0.25, -0.2) is 0 Å². The summed E-state index contributed by atoms with van der Waals surface area (Å²) in [5, 5.41) is 13.2. The van der Waals surface area contributed by atoms with Crippen LogP contribution in [0.25, 0.3) is 0 Å². The molecule has 2 rings (SSSR count). The Balaban J connectivity index is 1.91. The van der Waals surface area contributed by atoms with Gasteiger partial charge in [-0.05, 0) is 17.7 Å². The minimum Gasteiger partial charge on any atom is -0.391 e. The Hall–Kier alpha value is -1.80. The van der Waals surface area contributed by atoms with Gasteiger partial charge >= 0.3 is 0 Å². The van der Waals surface area contributed by atoms with Gasteiger partial charge in [0.15, 0.2) is 5.12 Å². The van der Waals surface area contributed by atoms with Gasteiger partial charge in [0.1, 0.15) is 6.10 Å². The van der Waals surface area contributed by atoms with Gasteiger partial charge in [-0.3, -0.25) is 4.79 Å². The van der Waals surface area contributed by atoms with E-state index in [1.165, 1.54) is 11.8 Å². The number of nitrogens with zero attached hydrogens (tertiary/aromatic N) is 2. The number of benzene rings is 1. The summed E-state index contributed by atoms with van der Waals surface area (Å²) < 4.78 is 0. The van der Waals surface area contributed by atoms with Crippen molar-refractivity contribution in [3.05, 3.63) is 35.4 Å². The van der Waals surface area contributed by atoms with Crippen LogP contribution in [0.3, 0.4) is 0 Å². The molecule has 1 aromatic rings. The molecule has 0 aromatic heterocycles. The van der Waals surface area contributed by atoms with Gasteiger partial charge in [0, 0.05) is 11.7 Å². The van der Waals surface area contributed by atoms with Gasteiger partial charge in [-0.1, -0.05) is 42.9 Å². The van der Waals surface area contributed by atoms with Crippen LogP contribution in [-0.4, -0.2) is 22.2 Å². The lowest BCUT2D eigenvalue weighted by Crippen LogP contribution is -2.13. The number of oxime groups is 1. The molecule has 1 unspecified atom stereocenters. The number of hydrogen-bond acceptors (Lipinski definition) is 5. The third-order valence-corrected chi connectivity index (χ3v) is 3.74. The first-order valence-electron chi connectivity index (χ1n) is 6.51. The number of thioether (sulfide) groups is 1. The third-order valence-electron chi connectivity index (χ3n) is 2.84. The van der Waals surface area contributed by atoms with Crippen LogP contribution in [0.2, 0.25) is 0 Å². The molecule has 5 heteroatoms. The van der Waals surface area contributed by atoms with Crippen LogP contribution in [0.15, 0.2) is 29.4 Å². The smallest absolute Gasteiger partial charge is 0.193 e. The van der Waals surface area contributed by atoms with Crippen molar-refractivity contribution in [2.75, 3.05) is 0 Å². The van der Waals surface area contributed by atoms with E-state index in [1.807, 2.05) is 26.0 Å². The summed E-state index contributed by atoms with van der Waals surface area (Å²) >= 11 is 1.34. The lowest BCUT2D eigenvalue weighted by Gasteiger charge is -2.08. The number of carbonyl (C=O) groups excluding carboxylic acids is 1. The lowest BCUT2D eigenvalue weighted by molar-refractivity contribution is -0.113. The van der Waals surface area contributed by atoms with E-state index in [2.05, 4.69) is 11.2 Å². The summed E-state index contributed by atoms with van der Waals surface area (Å²) in [6, 6.07) is 9.30. The molecule has 0 saturated heterocycles. The Morgan fingerprint density at radius 1 is 1.50 bits per heavy atom. The molecule has 1 heterocycles. The Morgan fingerprint density at radius 3 is 2.80 bits per heavy atom. The van der Waals surface area contributed by atoms with Gasteiger partial charge < -0.3 is 4.84 Å². The van der Waals surface area contributed by atoms with Crippen LogP contribution < -0.4 is 0 Å². The van der Waals surface area contributed by atoms with E-state index < -0.39 is 0 Å². The highest BCUT2D eigenvalue weighted by Crippen LogP contribution is 2.23. The van der Waals surface area contributed by atoms with Gasteiger partial charge in [0.25, 0.3) is 0 Å². The van der Waals surface area contributed by atoms with E-state index in [4.69, 9.17) is 10.1 Å². The van der Waals surface area contributed by atoms with E-state index >= 15 is 0 Å². The molecular formula is C15H16N2O2S. The fraction of sp³-hybridized carbons (Fsp3) is 0.400. The fourth-order valence-corrected chi connectivity index (χ4v) is 2.75. The second-order valence-electron chi connectivity index (χ2n) is 4.90. The predicted octanol–water partition coefficient (Wildman–Crippen LogP) is 3.11. The van der Waals surface area contributed by atoms with Crippen molar-refractivity contribution >= 4 is 22.6 Å². The fourth-order valence-electron chi connectivity index (χ4n) is 1.94. The van der Waals surface area contributed by atoms with E-state index in [0.29, 0.717) is 23.7 Å². The average molecular weight is 288 g/mol. The van der Waals surface area contributed by atoms with E-state index in [9.17, 15) is 4.79 Å². The SMILES string of the molecule is CC(C)SC(=O)CC1CC(c2ccc(C#N)cc2)=NO1. The molecule has 0 aliphatic carbocycles. The summed E-state index contributed by atoms with van der Waals surface area (Å²) in [6.45, 7) is 3.99. The molecule has 104 valence electrons. The Labute approximate surface area is 122 Å². The number of carbonyl (C=O) groups is 1. The van der Waals surface area contributed by atoms with Crippen molar-refractivity contribution in [1.82, 2.24) is 0 Å². The van der Waals surface area contributed by atoms with Gasteiger partial charge in [0.05, 0.1) is 23.8 Å².